The number of halogens is 1. The highest BCUT2D eigenvalue weighted by Crippen LogP contribution is 2.22. The van der Waals surface area contributed by atoms with Gasteiger partial charge in [-0.3, -0.25) is 9.52 Å². The molecule has 0 fully saturated rings. The number of rotatable bonds is 7. The van der Waals surface area contributed by atoms with Crippen molar-refractivity contribution in [2.45, 2.75) is 38.1 Å². The highest BCUT2D eigenvalue weighted by Gasteiger charge is 2.20. The van der Waals surface area contributed by atoms with Crippen molar-refractivity contribution in [1.82, 2.24) is 5.32 Å². The predicted octanol–water partition coefficient (Wildman–Crippen LogP) is 5.12. The SMILES string of the molecule is CC[C@H](NC(=O)c1cccc(S(=O)(=O)Nc2ccccc2F)c1)c1ccc(C)c(C)c1. The standard InChI is InChI=1S/C24H25FN2O3S/c1-4-22(18-13-12-16(2)17(3)14-18)26-24(28)19-8-7-9-20(15-19)31(29,30)27-23-11-6-5-10-21(23)25/h5-15,22,27H,4H2,1-3H3,(H,26,28)/t22-/m0/s1. The Hall–Kier alpha value is -3.19. The van der Waals surface area contributed by atoms with E-state index in [1.54, 1.807) is 6.07 Å². The molecule has 0 radical (unpaired) electrons. The molecule has 3 rings (SSSR count). The fourth-order valence-electron chi connectivity index (χ4n) is 3.20. The average molecular weight is 441 g/mol. The lowest BCUT2D eigenvalue weighted by Crippen LogP contribution is -2.28. The predicted molar refractivity (Wildman–Crippen MR) is 120 cm³/mol. The number of nitrogens with one attached hydrogen (secondary N) is 2. The second-order valence-corrected chi connectivity index (χ2v) is 9.07. The molecule has 0 aromatic heterocycles. The van der Waals surface area contributed by atoms with Gasteiger partial charge in [-0.1, -0.05) is 43.3 Å². The van der Waals surface area contributed by atoms with E-state index < -0.39 is 15.8 Å². The minimum absolute atomic E-state index is 0.123. The third-order valence-electron chi connectivity index (χ3n) is 5.17. The first-order chi connectivity index (χ1) is 14.7. The number of anilines is 1. The Balaban J connectivity index is 1.82. The zero-order valence-electron chi connectivity index (χ0n) is 17.6. The van der Waals surface area contributed by atoms with E-state index in [0.29, 0.717) is 6.42 Å². The second kappa shape index (κ2) is 9.31. The third-order valence-corrected chi connectivity index (χ3v) is 6.53. The quantitative estimate of drug-likeness (QED) is 0.535. The van der Waals surface area contributed by atoms with Gasteiger partial charge in [-0.05, 0) is 67.3 Å². The van der Waals surface area contributed by atoms with Crippen LogP contribution in [0.3, 0.4) is 0 Å². The molecule has 5 nitrogen and oxygen atoms in total. The molecule has 0 heterocycles. The van der Waals surface area contributed by atoms with Crippen LogP contribution in [0.25, 0.3) is 0 Å². The van der Waals surface area contributed by atoms with E-state index >= 15 is 0 Å². The van der Waals surface area contributed by atoms with E-state index in [2.05, 4.69) is 10.0 Å². The molecule has 0 unspecified atom stereocenters. The van der Waals surface area contributed by atoms with Gasteiger partial charge >= 0.3 is 0 Å². The van der Waals surface area contributed by atoms with Crippen molar-refractivity contribution in [2.75, 3.05) is 4.72 Å². The smallest absolute Gasteiger partial charge is 0.262 e. The van der Waals surface area contributed by atoms with E-state index in [1.807, 2.05) is 39.0 Å². The molecule has 0 saturated carbocycles. The summed E-state index contributed by atoms with van der Waals surface area (Å²) in [6.07, 6.45) is 0.682. The molecular formula is C24H25FN2O3S. The number of carbonyl (C=O) groups is 1. The maximum Gasteiger partial charge on any atom is 0.262 e. The summed E-state index contributed by atoms with van der Waals surface area (Å²) in [4.78, 5) is 12.7. The number of sulfonamides is 1. The van der Waals surface area contributed by atoms with Gasteiger partial charge in [-0.15, -0.1) is 0 Å². The first-order valence-electron chi connectivity index (χ1n) is 9.96. The van der Waals surface area contributed by atoms with Gasteiger partial charge in [-0.25, -0.2) is 12.8 Å². The first-order valence-corrected chi connectivity index (χ1v) is 11.4. The van der Waals surface area contributed by atoms with Gasteiger partial charge in [0.05, 0.1) is 16.6 Å². The maximum absolute atomic E-state index is 13.8. The van der Waals surface area contributed by atoms with Crippen LogP contribution in [0.5, 0.6) is 0 Å². The molecule has 3 aromatic carbocycles. The molecule has 7 heteroatoms. The lowest BCUT2D eigenvalue weighted by atomic mass is 9.99. The van der Waals surface area contributed by atoms with Crippen LogP contribution < -0.4 is 10.0 Å². The number of hydrogen-bond donors (Lipinski definition) is 2. The minimum Gasteiger partial charge on any atom is -0.345 e. The zero-order valence-corrected chi connectivity index (χ0v) is 18.5. The van der Waals surface area contributed by atoms with E-state index in [0.717, 1.165) is 11.1 Å². The number of hydrogen-bond acceptors (Lipinski definition) is 3. The van der Waals surface area contributed by atoms with Gasteiger partial charge in [0.25, 0.3) is 15.9 Å². The Bertz CT molecular complexity index is 1210. The normalized spacial score (nSPS) is 12.3. The Morgan fingerprint density at radius 3 is 2.39 bits per heavy atom. The van der Waals surface area contributed by atoms with Gasteiger partial charge in [0, 0.05) is 5.56 Å². The van der Waals surface area contributed by atoms with Gasteiger partial charge in [-0.2, -0.15) is 0 Å². The molecule has 31 heavy (non-hydrogen) atoms. The first kappa shape index (κ1) is 22.5. The van der Waals surface area contributed by atoms with Crippen LogP contribution >= 0.6 is 0 Å². The molecule has 2 N–H and O–H groups in total. The molecule has 0 spiro atoms. The molecular weight excluding hydrogens is 415 g/mol. The van der Waals surface area contributed by atoms with Crippen LogP contribution in [0.2, 0.25) is 0 Å². The summed E-state index contributed by atoms with van der Waals surface area (Å²) >= 11 is 0. The Kier molecular flexibility index (Phi) is 6.75. The van der Waals surface area contributed by atoms with Crippen LogP contribution in [0.15, 0.2) is 71.6 Å². The van der Waals surface area contributed by atoms with Gasteiger partial charge in [0.1, 0.15) is 5.82 Å². The van der Waals surface area contributed by atoms with Gasteiger partial charge in [0.2, 0.25) is 0 Å². The molecule has 0 aliphatic carbocycles. The van der Waals surface area contributed by atoms with E-state index in [-0.39, 0.29) is 28.1 Å². The molecule has 3 aromatic rings. The van der Waals surface area contributed by atoms with Crippen LogP contribution in [-0.4, -0.2) is 14.3 Å². The monoisotopic (exact) mass is 440 g/mol. The van der Waals surface area contributed by atoms with E-state index in [1.165, 1.54) is 48.0 Å². The largest absolute Gasteiger partial charge is 0.345 e. The third kappa shape index (κ3) is 5.30. The van der Waals surface area contributed by atoms with E-state index in [4.69, 9.17) is 0 Å². The van der Waals surface area contributed by atoms with Crippen molar-refractivity contribution in [3.05, 3.63) is 94.8 Å². The molecule has 0 saturated heterocycles. The summed E-state index contributed by atoms with van der Waals surface area (Å²) in [5, 5.41) is 2.97. The number of carbonyl (C=O) groups excluding carboxylic acids is 1. The molecule has 1 amide bonds. The number of para-hydroxylation sites is 1. The topological polar surface area (TPSA) is 75.3 Å². The minimum atomic E-state index is -4.06. The maximum atomic E-state index is 13.8. The fraction of sp³-hybridized carbons (Fsp3) is 0.208. The number of benzene rings is 3. The van der Waals surface area contributed by atoms with Crippen molar-refractivity contribution in [3.8, 4) is 0 Å². The summed E-state index contributed by atoms with van der Waals surface area (Å²) in [6.45, 7) is 6.02. The van der Waals surface area contributed by atoms with Crippen molar-refractivity contribution in [2.24, 2.45) is 0 Å². The average Bonchev–Trinajstić information content (AvgIpc) is 2.75. The number of aryl methyl sites for hydroxylation is 2. The molecule has 1 atom stereocenters. The van der Waals surface area contributed by atoms with E-state index in [9.17, 15) is 17.6 Å². The van der Waals surface area contributed by atoms with Crippen molar-refractivity contribution in [1.29, 1.82) is 0 Å². The number of amides is 1. The van der Waals surface area contributed by atoms with Crippen LogP contribution in [0.1, 0.15) is 46.4 Å². The Labute approximate surface area is 182 Å². The summed E-state index contributed by atoms with van der Waals surface area (Å²) in [7, 11) is -4.06. The summed E-state index contributed by atoms with van der Waals surface area (Å²) < 4.78 is 41.4. The summed E-state index contributed by atoms with van der Waals surface area (Å²) in [5.74, 6) is -1.06. The fourth-order valence-corrected chi connectivity index (χ4v) is 4.31. The summed E-state index contributed by atoms with van der Waals surface area (Å²) in [6, 6.07) is 17.0. The second-order valence-electron chi connectivity index (χ2n) is 7.39. The van der Waals surface area contributed by atoms with Crippen LogP contribution in [0.4, 0.5) is 10.1 Å². The highest BCUT2D eigenvalue weighted by atomic mass is 32.2. The Morgan fingerprint density at radius 2 is 1.71 bits per heavy atom. The lowest BCUT2D eigenvalue weighted by molar-refractivity contribution is 0.0935. The zero-order chi connectivity index (χ0) is 22.6. The van der Waals surface area contributed by atoms with Gasteiger partial charge < -0.3 is 5.32 Å². The van der Waals surface area contributed by atoms with Crippen molar-refractivity contribution >= 4 is 21.6 Å². The molecule has 0 bridgehead atoms. The van der Waals surface area contributed by atoms with Gasteiger partial charge in [0.15, 0.2) is 0 Å². The van der Waals surface area contributed by atoms with Crippen LogP contribution in [-0.2, 0) is 10.0 Å². The molecule has 0 aliphatic rings. The molecule has 0 aliphatic heterocycles. The summed E-state index contributed by atoms with van der Waals surface area (Å²) in [5.41, 5.74) is 3.35. The lowest BCUT2D eigenvalue weighted by Gasteiger charge is -2.19. The highest BCUT2D eigenvalue weighted by molar-refractivity contribution is 7.92. The van der Waals surface area contributed by atoms with Crippen molar-refractivity contribution in [3.63, 3.8) is 0 Å². The Morgan fingerprint density at radius 1 is 0.968 bits per heavy atom. The van der Waals surface area contributed by atoms with Crippen LogP contribution in [0, 0.1) is 19.7 Å². The molecule has 162 valence electrons. The van der Waals surface area contributed by atoms with Crippen molar-refractivity contribution < 1.29 is 17.6 Å².